The quantitative estimate of drug-likeness (QED) is 0.765. The average Bonchev–Trinajstić information content (AvgIpc) is 2.52. The van der Waals surface area contributed by atoms with Crippen molar-refractivity contribution in [2.45, 2.75) is 19.9 Å². The molecule has 1 aliphatic rings. The Labute approximate surface area is 91.3 Å². The topological polar surface area (TPSA) is 27.6 Å². The van der Waals surface area contributed by atoms with Gasteiger partial charge in [-0.3, -0.25) is 4.99 Å². The molecule has 1 N–H and O–H groups in total. The lowest BCUT2D eigenvalue weighted by Crippen LogP contribution is -2.32. The number of aliphatic imine (C=N–C) groups is 1. The first kappa shape index (κ1) is 11.9. The van der Waals surface area contributed by atoms with E-state index in [9.17, 15) is 0 Å². The lowest BCUT2D eigenvalue weighted by molar-refractivity contribution is 0.420. The van der Waals surface area contributed by atoms with Crippen molar-refractivity contribution in [3.05, 3.63) is 0 Å². The first-order valence-corrected chi connectivity index (χ1v) is 6.16. The van der Waals surface area contributed by atoms with Gasteiger partial charge in [0.2, 0.25) is 0 Å². The molecule has 0 radical (unpaired) electrons. The fraction of sp³-hybridized carbons (Fsp3) is 0.900. The van der Waals surface area contributed by atoms with Crippen LogP contribution < -0.4 is 5.32 Å². The Morgan fingerprint density at radius 2 is 2.29 bits per heavy atom. The molecule has 0 spiro atoms. The number of nitrogens with one attached hydrogen (secondary N) is 1. The van der Waals surface area contributed by atoms with Crippen LogP contribution in [-0.2, 0) is 0 Å². The number of hydrogen-bond acceptors (Lipinski definition) is 3. The third kappa shape index (κ3) is 3.88. The van der Waals surface area contributed by atoms with Crippen molar-refractivity contribution >= 4 is 16.9 Å². The molecule has 82 valence electrons. The zero-order valence-electron chi connectivity index (χ0n) is 9.58. The molecule has 0 bridgehead atoms. The van der Waals surface area contributed by atoms with E-state index < -0.39 is 0 Å². The summed E-state index contributed by atoms with van der Waals surface area (Å²) in [6, 6.07) is 0.609. The molecule has 1 rings (SSSR count). The average molecular weight is 215 g/mol. The van der Waals surface area contributed by atoms with Crippen LogP contribution >= 0.6 is 11.8 Å². The number of hydrogen-bond donors (Lipinski definition) is 1. The summed E-state index contributed by atoms with van der Waals surface area (Å²) in [5, 5.41) is 4.59. The Bertz CT molecular complexity index is 202. The fourth-order valence-electron chi connectivity index (χ4n) is 1.21. The number of thioether (sulfide) groups is 1. The van der Waals surface area contributed by atoms with Gasteiger partial charge >= 0.3 is 0 Å². The molecule has 1 atom stereocenters. The van der Waals surface area contributed by atoms with Crippen LogP contribution in [0, 0.1) is 5.92 Å². The Balaban J connectivity index is 2.27. The van der Waals surface area contributed by atoms with E-state index >= 15 is 0 Å². The molecule has 3 nitrogen and oxygen atoms in total. The molecule has 0 amide bonds. The summed E-state index contributed by atoms with van der Waals surface area (Å²) < 4.78 is 0. The molecular formula is C10H21N3S. The second-order valence-corrected chi connectivity index (χ2v) is 5.30. The molecule has 1 fully saturated rings. The Kier molecular flexibility index (Phi) is 4.75. The highest BCUT2D eigenvalue weighted by Crippen LogP contribution is 2.18. The van der Waals surface area contributed by atoms with Crippen molar-refractivity contribution in [2.75, 3.05) is 32.9 Å². The van der Waals surface area contributed by atoms with Crippen LogP contribution in [0.5, 0.6) is 0 Å². The van der Waals surface area contributed by atoms with E-state index in [4.69, 9.17) is 0 Å². The minimum absolute atomic E-state index is 0.609. The molecule has 14 heavy (non-hydrogen) atoms. The van der Waals surface area contributed by atoms with E-state index in [1.807, 2.05) is 11.8 Å². The van der Waals surface area contributed by atoms with Crippen molar-refractivity contribution < 1.29 is 0 Å². The van der Waals surface area contributed by atoms with Gasteiger partial charge in [0, 0.05) is 18.3 Å². The van der Waals surface area contributed by atoms with Crippen molar-refractivity contribution in [2.24, 2.45) is 10.9 Å². The first-order chi connectivity index (χ1) is 6.59. The van der Waals surface area contributed by atoms with Gasteiger partial charge in [-0.25, -0.2) is 0 Å². The van der Waals surface area contributed by atoms with Crippen LogP contribution in [0.2, 0.25) is 0 Å². The van der Waals surface area contributed by atoms with Gasteiger partial charge in [0.15, 0.2) is 5.17 Å². The van der Waals surface area contributed by atoms with Gasteiger partial charge in [-0.05, 0) is 20.0 Å². The number of likely N-dealkylation sites (N-methyl/N-ethyl adjacent to an activating group) is 1. The van der Waals surface area contributed by atoms with Gasteiger partial charge in [-0.1, -0.05) is 25.6 Å². The van der Waals surface area contributed by atoms with Crippen LogP contribution in [0.15, 0.2) is 4.99 Å². The van der Waals surface area contributed by atoms with Gasteiger partial charge in [0.1, 0.15) is 0 Å². The maximum atomic E-state index is 4.52. The van der Waals surface area contributed by atoms with Crippen molar-refractivity contribution in [3.63, 3.8) is 0 Å². The van der Waals surface area contributed by atoms with Crippen LogP contribution in [0.3, 0.4) is 0 Å². The zero-order chi connectivity index (χ0) is 10.6. The predicted molar refractivity (Wildman–Crippen MR) is 65.1 cm³/mol. The summed E-state index contributed by atoms with van der Waals surface area (Å²) >= 11 is 1.85. The van der Waals surface area contributed by atoms with Crippen LogP contribution in [0.1, 0.15) is 13.8 Å². The molecule has 1 aliphatic heterocycles. The van der Waals surface area contributed by atoms with E-state index in [0.717, 1.165) is 18.3 Å². The first-order valence-electron chi connectivity index (χ1n) is 5.18. The lowest BCUT2D eigenvalue weighted by atomic mass is 10.1. The highest BCUT2D eigenvalue weighted by Gasteiger charge is 2.22. The smallest absolute Gasteiger partial charge is 0.156 e. The van der Waals surface area contributed by atoms with Gasteiger partial charge < -0.3 is 10.2 Å². The summed E-state index contributed by atoms with van der Waals surface area (Å²) in [7, 11) is 4.15. The summed E-state index contributed by atoms with van der Waals surface area (Å²) in [5.74, 6) is 1.86. The van der Waals surface area contributed by atoms with Gasteiger partial charge in [0.05, 0.1) is 6.54 Å². The minimum atomic E-state index is 0.609. The molecule has 0 aromatic rings. The Hall–Kier alpha value is -0.220. The SMILES string of the molecule is CC(C)[C@H]1CSC(=NCCN(C)C)N1. The Morgan fingerprint density at radius 3 is 2.79 bits per heavy atom. The molecule has 0 aromatic heterocycles. The second kappa shape index (κ2) is 5.61. The lowest BCUT2D eigenvalue weighted by Gasteiger charge is -2.13. The third-order valence-electron chi connectivity index (χ3n) is 2.32. The van der Waals surface area contributed by atoms with E-state index in [1.165, 1.54) is 5.75 Å². The molecule has 1 saturated heterocycles. The summed E-state index contributed by atoms with van der Waals surface area (Å²) in [4.78, 5) is 6.68. The number of rotatable bonds is 4. The van der Waals surface area contributed by atoms with Gasteiger partial charge in [-0.15, -0.1) is 0 Å². The molecule has 0 saturated carbocycles. The summed E-state index contributed by atoms with van der Waals surface area (Å²) in [5.41, 5.74) is 0. The second-order valence-electron chi connectivity index (χ2n) is 4.30. The van der Waals surface area contributed by atoms with Gasteiger partial charge in [0.25, 0.3) is 0 Å². The zero-order valence-corrected chi connectivity index (χ0v) is 10.4. The Morgan fingerprint density at radius 1 is 1.57 bits per heavy atom. The molecular weight excluding hydrogens is 194 g/mol. The maximum Gasteiger partial charge on any atom is 0.156 e. The standard InChI is InChI=1S/C10H21N3S/c1-8(2)9-7-14-10(12-9)11-5-6-13(3)4/h8-9H,5-7H2,1-4H3,(H,11,12)/t9-/m1/s1. The minimum Gasteiger partial charge on any atom is -0.361 e. The molecule has 0 aromatic carbocycles. The predicted octanol–water partition coefficient (Wildman–Crippen LogP) is 1.27. The fourth-order valence-corrected chi connectivity index (χ4v) is 2.44. The van der Waals surface area contributed by atoms with Crippen LogP contribution in [0.25, 0.3) is 0 Å². The molecule has 0 unspecified atom stereocenters. The maximum absolute atomic E-state index is 4.52. The van der Waals surface area contributed by atoms with E-state index in [0.29, 0.717) is 12.0 Å². The van der Waals surface area contributed by atoms with Crippen molar-refractivity contribution in [1.29, 1.82) is 0 Å². The summed E-state index contributed by atoms with van der Waals surface area (Å²) in [6.07, 6.45) is 0. The highest BCUT2D eigenvalue weighted by atomic mass is 32.2. The molecule has 4 heteroatoms. The van der Waals surface area contributed by atoms with Crippen LogP contribution in [0.4, 0.5) is 0 Å². The van der Waals surface area contributed by atoms with Crippen molar-refractivity contribution in [3.8, 4) is 0 Å². The number of nitrogens with zero attached hydrogens (tertiary/aromatic N) is 2. The summed E-state index contributed by atoms with van der Waals surface area (Å²) in [6.45, 7) is 6.42. The van der Waals surface area contributed by atoms with E-state index in [2.05, 4.69) is 43.2 Å². The van der Waals surface area contributed by atoms with E-state index in [1.54, 1.807) is 0 Å². The van der Waals surface area contributed by atoms with E-state index in [-0.39, 0.29) is 0 Å². The monoisotopic (exact) mass is 215 g/mol. The van der Waals surface area contributed by atoms with Gasteiger partial charge in [-0.2, -0.15) is 0 Å². The molecule has 1 heterocycles. The van der Waals surface area contributed by atoms with Crippen LogP contribution in [-0.4, -0.2) is 49.0 Å². The number of amidine groups is 1. The van der Waals surface area contributed by atoms with Crippen molar-refractivity contribution in [1.82, 2.24) is 10.2 Å². The molecule has 0 aliphatic carbocycles. The third-order valence-corrected chi connectivity index (χ3v) is 3.36. The largest absolute Gasteiger partial charge is 0.361 e. The normalized spacial score (nSPS) is 25.0. The highest BCUT2D eigenvalue weighted by molar-refractivity contribution is 8.14.